The van der Waals surface area contributed by atoms with E-state index in [9.17, 15) is 9.59 Å². The summed E-state index contributed by atoms with van der Waals surface area (Å²) >= 11 is 0. The molecule has 3 fully saturated rings. The molecule has 2 bridgehead atoms. The molecule has 0 aromatic heterocycles. The highest BCUT2D eigenvalue weighted by atomic mass is 16.2. The van der Waals surface area contributed by atoms with Crippen LogP contribution in [0.1, 0.15) is 30.4 Å². The zero-order valence-electron chi connectivity index (χ0n) is 15.2. The highest BCUT2D eigenvalue weighted by molar-refractivity contribution is 5.96. The molecular weight excluding hydrogens is 314 g/mol. The molecule has 0 unspecified atom stereocenters. The smallest absolute Gasteiger partial charge is 0.241 e. The third kappa shape index (κ3) is 3.06. The molecule has 5 heteroatoms. The van der Waals surface area contributed by atoms with E-state index in [1.165, 1.54) is 11.1 Å². The maximum Gasteiger partial charge on any atom is 0.241 e. The number of nitrogens with zero attached hydrogens (tertiary/aromatic N) is 3. The highest BCUT2D eigenvalue weighted by Gasteiger charge is 2.39. The van der Waals surface area contributed by atoms with Crippen molar-refractivity contribution in [2.24, 2.45) is 5.92 Å². The summed E-state index contributed by atoms with van der Waals surface area (Å²) in [7, 11) is 1.91. The lowest BCUT2D eigenvalue weighted by Gasteiger charge is -2.33. The van der Waals surface area contributed by atoms with Crippen molar-refractivity contribution in [2.45, 2.75) is 38.6 Å². The minimum atomic E-state index is 0.0628. The second-order valence-corrected chi connectivity index (χ2v) is 7.85. The number of likely N-dealkylation sites (N-methyl/N-ethyl adjacent to an activating group) is 1. The third-order valence-corrected chi connectivity index (χ3v) is 6.05. The van der Waals surface area contributed by atoms with Crippen LogP contribution < -0.4 is 4.90 Å². The maximum atomic E-state index is 13.0. The highest BCUT2D eigenvalue weighted by Crippen LogP contribution is 2.30. The molecule has 3 saturated heterocycles. The Morgan fingerprint density at radius 1 is 1.24 bits per heavy atom. The van der Waals surface area contributed by atoms with Crippen LogP contribution in [0.2, 0.25) is 0 Å². The average molecular weight is 341 g/mol. The van der Waals surface area contributed by atoms with Crippen LogP contribution in [0.5, 0.6) is 0 Å². The van der Waals surface area contributed by atoms with Gasteiger partial charge in [0, 0.05) is 38.4 Å². The van der Waals surface area contributed by atoms with Gasteiger partial charge in [0.1, 0.15) is 0 Å². The summed E-state index contributed by atoms with van der Waals surface area (Å²) in [5.41, 5.74) is 3.61. The van der Waals surface area contributed by atoms with Crippen molar-refractivity contribution in [1.82, 2.24) is 9.80 Å². The van der Waals surface area contributed by atoms with Gasteiger partial charge in [-0.1, -0.05) is 17.7 Å². The second-order valence-electron chi connectivity index (χ2n) is 7.85. The van der Waals surface area contributed by atoms with Crippen molar-refractivity contribution in [3.05, 3.63) is 29.3 Å². The molecule has 0 aliphatic carbocycles. The van der Waals surface area contributed by atoms with Crippen LogP contribution in [0.4, 0.5) is 5.69 Å². The van der Waals surface area contributed by atoms with Crippen molar-refractivity contribution < 1.29 is 9.59 Å². The van der Waals surface area contributed by atoms with Crippen LogP contribution in [0.15, 0.2) is 18.2 Å². The van der Waals surface area contributed by atoms with Crippen LogP contribution in [0, 0.1) is 12.8 Å². The molecule has 5 rings (SSSR count). The van der Waals surface area contributed by atoms with Crippen LogP contribution in [-0.4, -0.2) is 60.9 Å². The number of carbonyl (C=O) groups excluding carboxylic acids is 2. The van der Waals surface area contributed by atoms with E-state index in [-0.39, 0.29) is 23.8 Å². The van der Waals surface area contributed by atoms with Crippen molar-refractivity contribution in [2.75, 3.05) is 38.1 Å². The zero-order valence-corrected chi connectivity index (χ0v) is 15.2. The van der Waals surface area contributed by atoms with Crippen molar-refractivity contribution in [3.63, 3.8) is 0 Å². The summed E-state index contributed by atoms with van der Waals surface area (Å²) in [4.78, 5) is 31.4. The number of benzene rings is 1. The molecular formula is C20H27N3O2. The maximum absolute atomic E-state index is 13.0. The van der Waals surface area contributed by atoms with Gasteiger partial charge in [-0.2, -0.15) is 0 Å². The number of amides is 2. The summed E-state index contributed by atoms with van der Waals surface area (Å²) in [5, 5.41) is 0. The van der Waals surface area contributed by atoms with Gasteiger partial charge in [-0.3, -0.25) is 14.5 Å². The molecule has 0 saturated carbocycles. The van der Waals surface area contributed by atoms with Gasteiger partial charge in [0.25, 0.3) is 0 Å². The fourth-order valence-electron chi connectivity index (χ4n) is 4.64. The first-order valence-corrected chi connectivity index (χ1v) is 9.42. The fraction of sp³-hybridized carbons (Fsp3) is 0.600. The summed E-state index contributed by atoms with van der Waals surface area (Å²) in [6.45, 7) is 4.86. The van der Waals surface area contributed by atoms with Crippen molar-refractivity contribution in [3.8, 4) is 0 Å². The van der Waals surface area contributed by atoms with Crippen LogP contribution in [0.3, 0.4) is 0 Å². The van der Waals surface area contributed by atoms with Gasteiger partial charge in [-0.25, -0.2) is 0 Å². The lowest BCUT2D eigenvalue weighted by atomic mass is 9.95. The van der Waals surface area contributed by atoms with E-state index >= 15 is 0 Å². The van der Waals surface area contributed by atoms with Crippen LogP contribution in [-0.2, 0) is 16.0 Å². The number of anilines is 1. The molecule has 4 aliphatic rings. The Balaban J connectivity index is 1.49. The van der Waals surface area contributed by atoms with E-state index in [1.54, 1.807) is 0 Å². The van der Waals surface area contributed by atoms with Crippen LogP contribution >= 0.6 is 0 Å². The van der Waals surface area contributed by atoms with Gasteiger partial charge in [0.2, 0.25) is 11.8 Å². The molecule has 0 radical (unpaired) electrons. The molecule has 4 aliphatic heterocycles. The topological polar surface area (TPSA) is 43.9 Å². The predicted molar refractivity (Wildman–Crippen MR) is 97.6 cm³/mol. The predicted octanol–water partition coefficient (Wildman–Crippen LogP) is 1.83. The normalized spacial score (nSPS) is 26.6. The number of hydrogen-bond acceptors (Lipinski definition) is 3. The number of hydrogen-bond donors (Lipinski definition) is 0. The zero-order chi connectivity index (χ0) is 17.6. The number of aryl methyl sites for hydroxylation is 2. The SMILES string of the molecule is Cc1ccc2c(c1)CCCN2C(=O)CN1C[C@H]2CC[C@@H](C1)N(C)C2=O. The molecule has 0 spiro atoms. The van der Waals surface area contributed by atoms with Gasteiger partial charge in [-0.05, 0) is 44.2 Å². The van der Waals surface area contributed by atoms with Crippen molar-refractivity contribution in [1.29, 1.82) is 0 Å². The number of fused-ring (bicyclic) bond motifs is 5. The Morgan fingerprint density at radius 3 is 2.92 bits per heavy atom. The minimum Gasteiger partial charge on any atom is -0.341 e. The van der Waals surface area contributed by atoms with Gasteiger partial charge in [-0.15, -0.1) is 0 Å². The van der Waals surface area contributed by atoms with E-state index in [0.29, 0.717) is 6.54 Å². The number of carbonyl (C=O) groups is 2. The molecule has 1 aromatic carbocycles. The van der Waals surface area contributed by atoms with E-state index in [1.807, 2.05) is 16.8 Å². The molecule has 1 aromatic rings. The number of piperidine rings is 1. The fourth-order valence-corrected chi connectivity index (χ4v) is 4.64. The largest absolute Gasteiger partial charge is 0.341 e. The monoisotopic (exact) mass is 341 g/mol. The Bertz CT molecular complexity index is 702. The summed E-state index contributed by atoms with van der Waals surface area (Å²) in [6.07, 6.45) is 4.09. The Hall–Kier alpha value is -1.88. The van der Waals surface area contributed by atoms with E-state index < -0.39 is 0 Å². The molecule has 25 heavy (non-hydrogen) atoms. The second kappa shape index (κ2) is 6.45. The molecule has 4 heterocycles. The van der Waals surface area contributed by atoms with Gasteiger partial charge in [0.15, 0.2) is 0 Å². The number of rotatable bonds is 2. The summed E-state index contributed by atoms with van der Waals surface area (Å²) in [5.74, 6) is 0.485. The molecule has 2 atom stereocenters. The van der Waals surface area contributed by atoms with Gasteiger partial charge >= 0.3 is 0 Å². The van der Waals surface area contributed by atoms with E-state index in [0.717, 1.165) is 51.0 Å². The third-order valence-electron chi connectivity index (χ3n) is 6.05. The Kier molecular flexibility index (Phi) is 4.28. The van der Waals surface area contributed by atoms with Gasteiger partial charge in [0.05, 0.1) is 12.5 Å². The first-order chi connectivity index (χ1) is 12.0. The molecule has 134 valence electrons. The first kappa shape index (κ1) is 16.6. The average Bonchev–Trinajstić information content (AvgIpc) is 2.86. The minimum absolute atomic E-state index is 0.0628. The quantitative estimate of drug-likeness (QED) is 0.824. The Morgan fingerprint density at radius 2 is 2.08 bits per heavy atom. The van der Waals surface area contributed by atoms with Crippen molar-refractivity contribution >= 4 is 17.5 Å². The van der Waals surface area contributed by atoms with E-state index in [4.69, 9.17) is 0 Å². The van der Waals surface area contributed by atoms with Gasteiger partial charge < -0.3 is 9.80 Å². The van der Waals surface area contributed by atoms with E-state index in [2.05, 4.69) is 30.0 Å². The lowest BCUT2D eigenvalue weighted by Crippen LogP contribution is -2.46. The van der Waals surface area contributed by atoms with Crippen LogP contribution in [0.25, 0.3) is 0 Å². The molecule has 2 amide bonds. The first-order valence-electron chi connectivity index (χ1n) is 9.42. The summed E-state index contributed by atoms with van der Waals surface area (Å²) in [6, 6.07) is 6.64. The molecule has 0 N–H and O–H groups in total. The molecule has 5 nitrogen and oxygen atoms in total. The summed E-state index contributed by atoms with van der Waals surface area (Å²) < 4.78 is 0. The Labute approximate surface area is 149 Å². The standard InChI is InChI=1S/C20H27N3O2/c1-14-5-8-18-15(10-14)4-3-9-23(18)19(24)13-22-11-16-6-7-17(12-22)21(2)20(16)25/h5,8,10,16-17H,3-4,6-7,9,11-13H2,1-2H3/t16-,17+/m1/s1. The lowest BCUT2D eigenvalue weighted by molar-refractivity contribution is -0.138.